The van der Waals surface area contributed by atoms with Crippen LogP contribution in [0.2, 0.25) is 0 Å². The molecular formula is C12H15BrN2O. The molecule has 4 heteroatoms. The molecule has 3 nitrogen and oxygen atoms in total. The summed E-state index contributed by atoms with van der Waals surface area (Å²) in [6.45, 7) is 2.95. The van der Waals surface area contributed by atoms with Gasteiger partial charge in [0.25, 0.3) is 0 Å². The molecule has 0 unspecified atom stereocenters. The fourth-order valence-electron chi connectivity index (χ4n) is 1.95. The molecule has 0 saturated carbocycles. The van der Waals surface area contributed by atoms with Crippen LogP contribution in [0.25, 0.3) is 0 Å². The molecule has 1 fully saturated rings. The van der Waals surface area contributed by atoms with E-state index in [9.17, 15) is 4.79 Å². The maximum absolute atomic E-state index is 11.8. The lowest BCUT2D eigenvalue weighted by Gasteiger charge is -2.11. The quantitative estimate of drug-likeness (QED) is 0.875. The van der Waals surface area contributed by atoms with Gasteiger partial charge in [-0.1, -0.05) is 15.9 Å². The van der Waals surface area contributed by atoms with Crippen LogP contribution in [0.5, 0.6) is 0 Å². The van der Waals surface area contributed by atoms with Crippen molar-refractivity contribution in [3.63, 3.8) is 0 Å². The third kappa shape index (κ3) is 2.83. The zero-order valence-corrected chi connectivity index (χ0v) is 10.8. The molecular weight excluding hydrogens is 268 g/mol. The van der Waals surface area contributed by atoms with Crippen molar-refractivity contribution in [3.8, 4) is 0 Å². The highest BCUT2D eigenvalue weighted by Crippen LogP contribution is 2.19. The van der Waals surface area contributed by atoms with Gasteiger partial charge in [0.05, 0.1) is 6.04 Å². The van der Waals surface area contributed by atoms with Crippen molar-refractivity contribution < 1.29 is 4.79 Å². The van der Waals surface area contributed by atoms with Crippen LogP contribution in [-0.2, 0) is 4.79 Å². The molecule has 0 aliphatic carbocycles. The zero-order chi connectivity index (χ0) is 11.5. The first-order chi connectivity index (χ1) is 7.65. The van der Waals surface area contributed by atoms with E-state index in [1.807, 2.05) is 25.1 Å². The minimum atomic E-state index is -0.0284. The molecule has 1 aliphatic rings. The van der Waals surface area contributed by atoms with E-state index < -0.39 is 0 Å². The van der Waals surface area contributed by atoms with Gasteiger partial charge in [0.15, 0.2) is 0 Å². The van der Waals surface area contributed by atoms with Gasteiger partial charge in [-0.2, -0.15) is 0 Å². The number of hydrogen-bond acceptors (Lipinski definition) is 2. The Bertz CT molecular complexity index is 380. The molecule has 1 aliphatic heterocycles. The van der Waals surface area contributed by atoms with E-state index >= 15 is 0 Å². The Hall–Kier alpha value is -0.870. The molecule has 86 valence electrons. The lowest BCUT2D eigenvalue weighted by molar-refractivity contribution is -0.117. The van der Waals surface area contributed by atoms with E-state index in [2.05, 4.69) is 26.6 Å². The first kappa shape index (κ1) is 11.6. The van der Waals surface area contributed by atoms with E-state index in [0.29, 0.717) is 0 Å². The number of amides is 1. The lowest BCUT2D eigenvalue weighted by atomic mass is 10.2. The highest BCUT2D eigenvalue weighted by molar-refractivity contribution is 9.10. The highest BCUT2D eigenvalue weighted by Gasteiger charge is 2.21. The fourth-order valence-corrected chi connectivity index (χ4v) is 2.55. The van der Waals surface area contributed by atoms with Crippen LogP contribution in [0.3, 0.4) is 0 Å². The number of carbonyl (C=O) groups excluding carboxylic acids is 1. The number of hydrogen-bond donors (Lipinski definition) is 2. The minimum Gasteiger partial charge on any atom is -0.325 e. The van der Waals surface area contributed by atoms with Crippen LogP contribution in [0, 0.1) is 6.92 Å². The second kappa shape index (κ2) is 4.97. The van der Waals surface area contributed by atoms with Gasteiger partial charge in [0.1, 0.15) is 0 Å². The Morgan fingerprint density at radius 3 is 2.94 bits per heavy atom. The van der Waals surface area contributed by atoms with Gasteiger partial charge in [-0.25, -0.2) is 0 Å². The molecule has 1 aromatic carbocycles. The predicted octanol–water partition coefficient (Wildman–Crippen LogP) is 2.45. The maximum Gasteiger partial charge on any atom is 0.241 e. The Labute approximate surface area is 104 Å². The SMILES string of the molecule is Cc1cc(Br)cc(NC(=O)[C@H]2CCCN2)c1. The Morgan fingerprint density at radius 2 is 2.31 bits per heavy atom. The summed E-state index contributed by atoms with van der Waals surface area (Å²) >= 11 is 3.42. The maximum atomic E-state index is 11.8. The number of benzene rings is 1. The summed E-state index contributed by atoms with van der Waals surface area (Å²) in [7, 11) is 0. The van der Waals surface area contributed by atoms with Crippen LogP contribution in [-0.4, -0.2) is 18.5 Å². The molecule has 0 spiro atoms. The summed E-state index contributed by atoms with van der Waals surface area (Å²) in [6.07, 6.45) is 2.01. The molecule has 1 atom stereocenters. The predicted molar refractivity (Wildman–Crippen MR) is 68.5 cm³/mol. The molecule has 0 bridgehead atoms. The average molecular weight is 283 g/mol. The molecule has 1 heterocycles. The van der Waals surface area contributed by atoms with Crippen molar-refractivity contribution in [3.05, 3.63) is 28.2 Å². The highest BCUT2D eigenvalue weighted by atomic mass is 79.9. The summed E-state index contributed by atoms with van der Waals surface area (Å²) in [5.41, 5.74) is 1.98. The Morgan fingerprint density at radius 1 is 1.50 bits per heavy atom. The van der Waals surface area contributed by atoms with Crippen molar-refractivity contribution in [1.82, 2.24) is 5.32 Å². The van der Waals surface area contributed by atoms with Gasteiger partial charge < -0.3 is 10.6 Å². The largest absolute Gasteiger partial charge is 0.325 e. The number of rotatable bonds is 2. The van der Waals surface area contributed by atoms with Crippen LogP contribution in [0.15, 0.2) is 22.7 Å². The van der Waals surface area contributed by atoms with Gasteiger partial charge >= 0.3 is 0 Å². The van der Waals surface area contributed by atoms with Crippen molar-refractivity contribution in [2.45, 2.75) is 25.8 Å². The van der Waals surface area contributed by atoms with Crippen molar-refractivity contribution >= 4 is 27.5 Å². The standard InChI is InChI=1S/C12H15BrN2O/c1-8-5-9(13)7-10(6-8)15-12(16)11-3-2-4-14-11/h5-7,11,14H,2-4H2,1H3,(H,15,16)/t11-/m1/s1. The van der Waals surface area contributed by atoms with Gasteiger partial charge in [-0.3, -0.25) is 4.79 Å². The van der Waals surface area contributed by atoms with E-state index in [1.54, 1.807) is 0 Å². The van der Waals surface area contributed by atoms with Gasteiger partial charge in [0, 0.05) is 10.2 Å². The molecule has 0 radical (unpaired) electrons. The third-order valence-electron chi connectivity index (χ3n) is 2.69. The van der Waals surface area contributed by atoms with Crippen LogP contribution >= 0.6 is 15.9 Å². The van der Waals surface area contributed by atoms with E-state index in [0.717, 1.165) is 35.1 Å². The summed E-state index contributed by atoms with van der Waals surface area (Å²) in [4.78, 5) is 11.8. The zero-order valence-electron chi connectivity index (χ0n) is 9.22. The van der Waals surface area contributed by atoms with Crippen molar-refractivity contribution in [1.29, 1.82) is 0 Å². The molecule has 1 amide bonds. The number of halogens is 1. The molecule has 1 aromatic rings. The number of nitrogens with one attached hydrogen (secondary N) is 2. The Kier molecular flexibility index (Phi) is 3.61. The average Bonchev–Trinajstić information content (AvgIpc) is 2.68. The lowest BCUT2D eigenvalue weighted by Crippen LogP contribution is -2.35. The van der Waals surface area contributed by atoms with E-state index in [4.69, 9.17) is 0 Å². The smallest absolute Gasteiger partial charge is 0.241 e. The van der Waals surface area contributed by atoms with Gasteiger partial charge in [-0.05, 0) is 50.1 Å². The Balaban J connectivity index is 2.05. The first-order valence-corrected chi connectivity index (χ1v) is 6.26. The molecule has 16 heavy (non-hydrogen) atoms. The van der Waals surface area contributed by atoms with Gasteiger partial charge in [0.2, 0.25) is 5.91 Å². The number of anilines is 1. The minimum absolute atomic E-state index is 0.0284. The second-order valence-corrected chi connectivity index (χ2v) is 5.07. The monoisotopic (exact) mass is 282 g/mol. The molecule has 1 saturated heterocycles. The summed E-state index contributed by atoms with van der Waals surface area (Å²) in [5.74, 6) is 0.0648. The van der Waals surface area contributed by atoms with Crippen LogP contribution < -0.4 is 10.6 Å². The summed E-state index contributed by atoms with van der Waals surface area (Å²) < 4.78 is 0.988. The normalized spacial score (nSPS) is 19.8. The van der Waals surface area contributed by atoms with Crippen molar-refractivity contribution in [2.75, 3.05) is 11.9 Å². The molecule has 2 rings (SSSR count). The van der Waals surface area contributed by atoms with E-state index in [-0.39, 0.29) is 11.9 Å². The van der Waals surface area contributed by atoms with Crippen molar-refractivity contribution in [2.24, 2.45) is 0 Å². The molecule has 0 aromatic heterocycles. The molecule has 2 N–H and O–H groups in total. The number of carbonyl (C=O) groups is 1. The fraction of sp³-hybridized carbons (Fsp3) is 0.417. The van der Waals surface area contributed by atoms with Crippen LogP contribution in [0.4, 0.5) is 5.69 Å². The van der Waals surface area contributed by atoms with E-state index in [1.165, 1.54) is 0 Å². The summed E-state index contributed by atoms with van der Waals surface area (Å²) in [5, 5.41) is 6.12. The third-order valence-corrected chi connectivity index (χ3v) is 3.14. The first-order valence-electron chi connectivity index (χ1n) is 5.46. The van der Waals surface area contributed by atoms with Gasteiger partial charge in [-0.15, -0.1) is 0 Å². The topological polar surface area (TPSA) is 41.1 Å². The number of aryl methyl sites for hydroxylation is 1. The second-order valence-electron chi connectivity index (χ2n) is 4.16. The summed E-state index contributed by atoms with van der Waals surface area (Å²) in [6, 6.07) is 5.88. The van der Waals surface area contributed by atoms with Crippen LogP contribution in [0.1, 0.15) is 18.4 Å².